The number of anilines is 1. The molecule has 3 atom stereocenters. The number of pyridine rings is 1. The SMILES string of the molecule is CCCCCCCCCCCCCC[C@@H](O)[C@H](O)[C@H](CO)NC(=O)C[n+]1ccc(/C=C/c2ccc(N(C)C)cc2)cc1. The fourth-order valence-electron chi connectivity index (χ4n) is 5.05. The zero-order chi connectivity index (χ0) is 30.6. The van der Waals surface area contributed by atoms with Gasteiger partial charge in [-0.1, -0.05) is 108 Å². The summed E-state index contributed by atoms with van der Waals surface area (Å²) in [5.74, 6) is -0.333. The number of amides is 1. The van der Waals surface area contributed by atoms with Gasteiger partial charge in [-0.3, -0.25) is 4.79 Å². The molecule has 1 amide bonds. The average molecular weight is 583 g/mol. The fraction of sp³-hybridized carbons (Fsp3) is 0.600. The molecule has 0 saturated heterocycles. The lowest BCUT2D eigenvalue weighted by molar-refractivity contribution is -0.684. The number of hydrogen-bond donors (Lipinski definition) is 4. The maximum absolute atomic E-state index is 12.6. The summed E-state index contributed by atoms with van der Waals surface area (Å²) in [6.45, 7) is 1.86. The van der Waals surface area contributed by atoms with E-state index in [1.807, 2.05) is 50.8 Å². The maximum atomic E-state index is 12.6. The van der Waals surface area contributed by atoms with E-state index in [0.29, 0.717) is 6.42 Å². The molecule has 1 aromatic carbocycles. The zero-order valence-corrected chi connectivity index (χ0v) is 26.3. The lowest BCUT2D eigenvalue weighted by Crippen LogP contribution is -2.53. The number of nitrogens with zero attached hydrogens (tertiary/aromatic N) is 2. The number of aromatic nitrogens is 1. The van der Waals surface area contributed by atoms with Crippen molar-refractivity contribution >= 4 is 23.7 Å². The summed E-state index contributed by atoms with van der Waals surface area (Å²) in [5.41, 5.74) is 3.26. The Balaban J connectivity index is 1.65. The topological polar surface area (TPSA) is 96.9 Å². The van der Waals surface area contributed by atoms with Crippen molar-refractivity contribution < 1.29 is 24.7 Å². The molecule has 1 heterocycles. The predicted molar refractivity (Wildman–Crippen MR) is 173 cm³/mol. The lowest BCUT2D eigenvalue weighted by Gasteiger charge is -2.26. The lowest BCUT2D eigenvalue weighted by atomic mass is 9.99. The summed E-state index contributed by atoms with van der Waals surface area (Å²) in [5, 5.41) is 33.5. The second-order valence-corrected chi connectivity index (χ2v) is 11.7. The number of benzene rings is 1. The highest BCUT2D eigenvalue weighted by atomic mass is 16.3. The van der Waals surface area contributed by atoms with E-state index >= 15 is 0 Å². The number of aliphatic hydroxyl groups is 3. The smallest absolute Gasteiger partial charge is 0.286 e. The van der Waals surface area contributed by atoms with Gasteiger partial charge >= 0.3 is 0 Å². The fourth-order valence-corrected chi connectivity index (χ4v) is 5.05. The molecule has 7 heteroatoms. The van der Waals surface area contributed by atoms with Crippen LogP contribution in [0.2, 0.25) is 0 Å². The van der Waals surface area contributed by atoms with Crippen LogP contribution in [0.5, 0.6) is 0 Å². The molecule has 0 spiro atoms. The van der Waals surface area contributed by atoms with Gasteiger partial charge < -0.3 is 25.5 Å². The maximum Gasteiger partial charge on any atom is 0.286 e. The second-order valence-electron chi connectivity index (χ2n) is 11.7. The second kappa shape index (κ2) is 21.0. The van der Waals surface area contributed by atoms with Gasteiger partial charge in [-0.05, 0) is 29.7 Å². The summed E-state index contributed by atoms with van der Waals surface area (Å²) in [7, 11) is 4.03. The standard InChI is InChI=1S/C35H55N3O4/c1-4-5-6-7-8-9-10-11-12-13-14-15-16-33(40)35(42)32(28-39)36-34(41)27-38-25-23-30(24-26-38)18-17-29-19-21-31(22-20-29)37(2)3/h17-26,32-33,35,39-40,42H,4-16,27-28H2,1-3H3/p+1/t32-,33+,35+/m0/s1. The third kappa shape index (κ3) is 14.4. The van der Waals surface area contributed by atoms with Gasteiger partial charge in [0.25, 0.3) is 5.91 Å². The molecule has 4 N–H and O–H groups in total. The summed E-state index contributed by atoms with van der Waals surface area (Å²) < 4.78 is 1.74. The highest BCUT2D eigenvalue weighted by Gasteiger charge is 2.27. The first-order valence-electron chi connectivity index (χ1n) is 16.0. The Labute approximate surface area is 254 Å². The predicted octanol–water partition coefficient (Wildman–Crippen LogP) is 5.50. The van der Waals surface area contributed by atoms with Gasteiger partial charge in [-0.2, -0.15) is 4.57 Å². The minimum absolute atomic E-state index is 0.0496. The van der Waals surface area contributed by atoms with Crippen molar-refractivity contribution in [2.45, 2.75) is 115 Å². The van der Waals surface area contributed by atoms with Crippen molar-refractivity contribution in [2.24, 2.45) is 0 Å². The van der Waals surface area contributed by atoms with Crippen molar-refractivity contribution in [1.82, 2.24) is 5.32 Å². The highest BCUT2D eigenvalue weighted by molar-refractivity contribution is 5.75. The van der Waals surface area contributed by atoms with E-state index in [1.165, 1.54) is 57.8 Å². The van der Waals surface area contributed by atoms with Gasteiger partial charge in [-0.15, -0.1) is 0 Å². The van der Waals surface area contributed by atoms with Crippen molar-refractivity contribution in [3.63, 3.8) is 0 Å². The van der Waals surface area contributed by atoms with E-state index in [4.69, 9.17) is 0 Å². The molecule has 1 aromatic heterocycles. The van der Waals surface area contributed by atoms with Crippen molar-refractivity contribution in [3.8, 4) is 0 Å². The summed E-state index contributed by atoms with van der Waals surface area (Å²) in [6.07, 6.45) is 20.8. The molecule has 0 radical (unpaired) electrons. The Morgan fingerprint density at radius 3 is 1.81 bits per heavy atom. The molecule has 2 aromatic rings. The highest BCUT2D eigenvalue weighted by Crippen LogP contribution is 2.16. The molecule has 7 nitrogen and oxygen atoms in total. The van der Waals surface area contributed by atoms with Crippen molar-refractivity contribution in [2.75, 3.05) is 25.6 Å². The van der Waals surface area contributed by atoms with E-state index in [0.717, 1.165) is 36.1 Å². The van der Waals surface area contributed by atoms with Crippen molar-refractivity contribution in [1.29, 1.82) is 0 Å². The van der Waals surface area contributed by atoms with Crippen LogP contribution in [0, 0.1) is 0 Å². The first-order valence-corrected chi connectivity index (χ1v) is 16.0. The molecular weight excluding hydrogens is 526 g/mol. The van der Waals surface area contributed by atoms with Gasteiger partial charge in [0.05, 0.1) is 18.8 Å². The van der Waals surface area contributed by atoms with Crippen LogP contribution < -0.4 is 14.8 Å². The number of unbranched alkanes of at least 4 members (excludes halogenated alkanes) is 11. The molecule has 0 aliphatic heterocycles. The molecule has 2 rings (SSSR count). The molecule has 0 saturated carbocycles. The van der Waals surface area contributed by atoms with Crippen LogP contribution in [-0.4, -0.2) is 60.2 Å². The number of hydrogen-bond acceptors (Lipinski definition) is 5. The number of rotatable bonds is 22. The Hall–Kier alpha value is -2.74. The molecule has 0 aliphatic rings. The van der Waals surface area contributed by atoms with Gasteiger partial charge in [0, 0.05) is 31.9 Å². The van der Waals surface area contributed by atoms with Crippen LogP contribution in [0.25, 0.3) is 12.2 Å². The van der Waals surface area contributed by atoms with E-state index in [1.54, 1.807) is 4.57 Å². The number of aliphatic hydroxyl groups excluding tert-OH is 3. The summed E-state index contributed by atoms with van der Waals surface area (Å²) in [4.78, 5) is 14.7. The molecule has 42 heavy (non-hydrogen) atoms. The largest absolute Gasteiger partial charge is 0.394 e. The average Bonchev–Trinajstić information content (AvgIpc) is 2.99. The van der Waals surface area contributed by atoms with E-state index in [2.05, 4.69) is 41.4 Å². The summed E-state index contributed by atoms with van der Waals surface area (Å²) in [6, 6.07) is 11.2. The van der Waals surface area contributed by atoms with Crippen LogP contribution in [0.15, 0.2) is 48.8 Å². The zero-order valence-electron chi connectivity index (χ0n) is 26.3. The third-order valence-electron chi connectivity index (χ3n) is 7.82. The summed E-state index contributed by atoms with van der Waals surface area (Å²) >= 11 is 0. The minimum atomic E-state index is -1.21. The normalized spacial score (nSPS) is 13.7. The quantitative estimate of drug-likeness (QED) is 0.109. The molecule has 0 bridgehead atoms. The first kappa shape index (κ1) is 35.5. The van der Waals surface area contributed by atoms with Crippen LogP contribution in [0.1, 0.15) is 102 Å². The van der Waals surface area contributed by atoms with Gasteiger partial charge in [-0.25, -0.2) is 0 Å². The third-order valence-corrected chi connectivity index (χ3v) is 7.82. The Bertz CT molecular complexity index is 1010. The van der Waals surface area contributed by atoms with Gasteiger partial charge in [0.1, 0.15) is 6.10 Å². The van der Waals surface area contributed by atoms with Crippen LogP contribution in [-0.2, 0) is 11.3 Å². The molecule has 0 unspecified atom stereocenters. The Morgan fingerprint density at radius 1 is 0.810 bits per heavy atom. The van der Waals surface area contributed by atoms with Gasteiger partial charge in [0.15, 0.2) is 12.4 Å². The monoisotopic (exact) mass is 582 g/mol. The van der Waals surface area contributed by atoms with Crippen LogP contribution in [0.4, 0.5) is 5.69 Å². The number of nitrogens with one attached hydrogen (secondary N) is 1. The Morgan fingerprint density at radius 2 is 1.31 bits per heavy atom. The molecule has 234 valence electrons. The number of carbonyl (C=O) groups is 1. The van der Waals surface area contributed by atoms with Crippen molar-refractivity contribution in [3.05, 3.63) is 59.9 Å². The van der Waals surface area contributed by atoms with E-state index in [9.17, 15) is 20.1 Å². The van der Waals surface area contributed by atoms with Crippen LogP contribution in [0.3, 0.4) is 0 Å². The van der Waals surface area contributed by atoms with E-state index < -0.39 is 24.9 Å². The Kier molecular flexibility index (Phi) is 17.8. The molecular formula is C35H56N3O4+. The number of carbonyl (C=O) groups excluding carboxylic acids is 1. The van der Waals surface area contributed by atoms with Gasteiger partial charge in [0.2, 0.25) is 6.54 Å². The molecule has 0 aliphatic carbocycles. The van der Waals surface area contributed by atoms with Crippen LogP contribution >= 0.6 is 0 Å². The van der Waals surface area contributed by atoms with E-state index in [-0.39, 0.29) is 12.5 Å². The minimum Gasteiger partial charge on any atom is -0.394 e. The molecule has 0 fully saturated rings. The first-order chi connectivity index (χ1) is 20.3.